The molecule has 10 heteroatoms. The molecule has 0 aliphatic heterocycles. The zero-order chi connectivity index (χ0) is 22.9. The first-order valence-corrected chi connectivity index (χ1v) is 9.86. The topological polar surface area (TPSA) is 140 Å². The van der Waals surface area contributed by atoms with Crippen molar-refractivity contribution in [2.45, 2.75) is 64.3 Å². The van der Waals surface area contributed by atoms with E-state index >= 15 is 0 Å². The largest absolute Gasteiger partial charge is 0.464 e. The minimum absolute atomic E-state index is 0.0530. The number of aliphatic hydroxyl groups is 1. The van der Waals surface area contributed by atoms with Gasteiger partial charge in [-0.15, -0.1) is 0 Å². The molecule has 0 aromatic carbocycles. The molecule has 1 unspecified atom stereocenters. The highest BCUT2D eigenvalue weighted by atomic mass is 16.6. The van der Waals surface area contributed by atoms with Crippen LogP contribution in [0.15, 0.2) is 12.8 Å². The molecule has 0 radical (unpaired) electrons. The lowest BCUT2D eigenvalue weighted by Crippen LogP contribution is -2.61. The molecule has 2 aliphatic carbocycles. The highest BCUT2D eigenvalue weighted by Crippen LogP contribution is 2.63. The summed E-state index contributed by atoms with van der Waals surface area (Å²) in [5.41, 5.74) is -2.35. The Balaban J connectivity index is 2.19. The van der Waals surface area contributed by atoms with E-state index < -0.39 is 65.0 Å². The number of carbonyl (C=O) groups excluding carboxylic acids is 4. The number of aliphatic hydroxyl groups excluding tert-OH is 1. The Kier molecular flexibility index (Phi) is 6.80. The molecule has 30 heavy (non-hydrogen) atoms. The predicted molar refractivity (Wildman–Crippen MR) is 104 cm³/mol. The number of esters is 2. The van der Waals surface area contributed by atoms with Crippen LogP contribution in [-0.2, 0) is 28.6 Å². The Morgan fingerprint density at radius 2 is 1.93 bits per heavy atom. The molecule has 0 aromatic rings. The van der Waals surface area contributed by atoms with Crippen LogP contribution in [0.4, 0.5) is 4.79 Å². The van der Waals surface area contributed by atoms with Gasteiger partial charge in [0.1, 0.15) is 17.2 Å². The van der Waals surface area contributed by atoms with Crippen molar-refractivity contribution in [2.75, 3.05) is 6.61 Å². The maximum Gasteiger partial charge on any atom is 0.408 e. The van der Waals surface area contributed by atoms with Gasteiger partial charge in [0.05, 0.1) is 24.9 Å². The highest BCUT2D eigenvalue weighted by Gasteiger charge is 2.76. The second-order valence-electron chi connectivity index (χ2n) is 8.55. The minimum atomic E-state index is -1.61. The molecule has 2 aliphatic rings. The number of amides is 2. The van der Waals surface area contributed by atoms with Crippen molar-refractivity contribution in [2.24, 2.45) is 17.8 Å². The Labute approximate surface area is 175 Å². The Morgan fingerprint density at radius 3 is 2.47 bits per heavy atom. The number of ether oxygens (including phenoxy) is 3. The molecular weight excluding hydrogens is 396 g/mol. The van der Waals surface area contributed by atoms with Crippen LogP contribution in [0, 0.1) is 17.8 Å². The molecule has 0 heterocycles. The maximum atomic E-state index is 12.8. The van der Waals surface area contributed by atoms with E-state index in [1.54, 1.807) is 27.7 Å². The molecule has 0 spiro atoms. The molecule has 10 nitrogen and oxygen atoms in total. The van der Waals surface area contributed by atoms with Gasteiger partial charge in [-0.05, 0) is 34.6 Å². The van der Waals surface area contributed by atoms with Crippen molar-refractivity contribution < 1.29 is 38.5 Å². The van der Waals surface area contributed by atoms with Gasteiger partial charge in [-0.2, -0.15) is 0 Å². The minimum Gasteiger partial charge on any atom is -0.464 e. The van der Waals surface area contributed by atoms with E-state index in [4.69, 9.17) is 14.2 Å². The second kappa shape index (κ2) is 8.63. The fourth-order valence-electron chi connectivity index (χ4n) is 4.06. The van der Waals surface area contributed by atoms with Gasteiger partial charge < -0.3 is 30.0 Å². The summed E-state index contributed by atoms with van der Waals surface area (Å²) in [6.07, 6.45) is -0.931. The van der Waals surface area contributed by atoms with Crippen LogP contribution in [0.25, 0.3) is 0 Å². The summed E-state index contributed by atoms with van der Waals surface area (Å²) in [6, 6.07) is -1.04. The first-order chi connectivity index (χ1) is 13.9. The zero-order valence-electron chi connectivity index (χ0n) is 17.9. The second-order valence-corrected chi connectivity index (χ2v) is 8.55. The smallest absolute Gasteiger partial charge is 0.408 e. The third-order valence-electron chi connectivity index (χ3n) is 5.20. The SMILES string of the molecule is C=COC(=O)[C@H]1[C@H]2[C@@H]1C(NC(=O)[C@@H](C)NC(=O)OC(C)(C)C)(C(=O)OCC)C[C@@H]2O. The fourth-order valence-corrected chi connectivity index (χ4v) is 4.06. The average Bonchev–Trinajstić information content (AvgIpc) is 3.29. The van der Waals surface area contributed by atoms with Crippen molar-refractivity contribution in [3.8, 4) is 0 Å². The van der Waals surface area contributed by atoms with E-state index in [1.165, 1.54) is 6.92 Å². The zero-order valence-corrected chi connectivity index (χ0v) is 17.9. The summed E-state index contributed by atoms with van der Waals surface area (Å²) < 4.78 is 15.1. The van der Waals surface area contributed by atoms with Crippen LogP contribution in [-0.4, -0.2) is 58.9 Å². The van der Waals surface area contributed by atoms with E-state index in [0.29, 0.717) is 0 Å². The molecule has 2 amide bonds. The van der Waals surface area contributed by atoms with Crippen molar-refractivity contribution in [3.63, 3.8) is 0 Å². The predicted octanol–water partition coefficient (Wildman–Crippen LogP) is 0.631. The lowest BCUT2D eigenvalue weighted by atomic mass is 9.89. The number of carbonyl (C=O) groups is 4. The normalized spacial score (nSPS) is 30.3. The summed E-state index contributed by atoms with van der Waals surface area (Å²) in [5.74, 6) is -4.06. The summed E-state index contributed by atoms with van der Waals surface area (Å²) in [6.45, 7) is 11.5. The monoisotopic (exact) mass is 426 g/mol. The van der Waals surface area contributed by atoms with E-state index in [2.05, 4.69) is 17.2 Å². The molecule has 0 bridgehead atoms. The van der Waals surface area contributed by atoms with E-state index in [1.807, 2.05) is 0 Å². The molecule has 2 saturated carbocycles. The van der Waals surface area contributed by atoms with Crippen molar-refractivity contribution >= 4 is 23.9 Å². The molecule has 0 aromatic heterocycles. The van der Waals surface area contributed by atoms with Crippen LogP contribution in [0.1, 0.15) is 41.0 Å². The summed E-state index contributed by atoms with van der Waals surface area (Å²) >= 11 is 0. The van der Waals surface area contributed by atoms with Gasteiger partial charge in [0.2, 0.25) is 5.91 Å². The summed E-state index contributed by atoms with van der Waals surface area (Å²) in [5, 5.41) is 15.4. The van der Waals surface area contributed by atoms with Crippen LogP contribution < -0.4 is 10.6 Å². The fraction of sp³-hybridized carbons (Fsp3) is 0.700. The number of fused-ring (bicyclic) bond motifs is 1. The number of alkyl carbamates (subject to hydrolysis) is 1. The average molecular weight is 426 g/mol. The Morgan fingerprint density at radius 1 is 1.30 bits per heavy atom. The van der Waals surface area contributed by atoms with E-state index in [0.717, 1.165) is 6.26 Å². The van der Waals surface area contributed by atoms with Crippen molar-refractivity contribution in [1.29, 1.82) is 0 Å². The van der Waals surface area contributed by atoms with Crippen molar-refractivity contribution in [1.82, 2.24) is 10.6 Å². The number of rotatable bonds is 7. The molecule has 0 saturated heterocycles. The van der Waals surface area contributed by atoms with Crippen LogP contribution in [0.2, 0.25) is 0 Å². The van der Waals surface area contributed by atoms with Crippen LogP contribution in [0.3, 0.4) is 0 Å². The molecule has 6 atom stereocenters. The lowest BCUT2D eigenvalue weighted by Gasteiger charge is -2.32. The number of nitrogens with one attached hydrogen (secondary N) is 2. The number of hydrogen-bond acceptors (Lipinski definition) is 8. The van der Waals surface area contributed by atoms with Crippen molar-refractivity contribution in [3.05, 3.63) is 12.8 Å². The number of hydrogen-bond donors (Lipinski definition) is 3. The van der Waals surface area contributed by atoms with E-state index in [9.17, 15) is 24.3 Å². The Hall–Kier alpha value is -2.62. The summed E-state index contributed by atoms with van der Waals surface area (Å²) in [4.78, 5) is 49.7. The van der Waals surface area contributed by atoms with Gasteiger partial charge in [0.15, 0.2) is 0 Å². The lowest BCUT2D eigenvalue weighted by molar-refractivity contribution is -0.156. The maximum absolute atomic E-state index is 12.8. The highest BCUT2D eigenvalue weighted by molar-refractivity contribution is 5.94. The first-order valence-electron chi connectivity index (χ1n) is 9.86. The first kappa shape index (κ1) is 23.7. The van der Waals surface area contributed by atoms with Crippen LogP contribution >= 0.6 is 0 Å². The molecule has 2 rings (SSSR count). The van der Waals surface area contributed by atoms with Gasteiger partial charge >= 0.3 is 18.0 Å². The van der Waals surface area contributed by atoms with Gasteiger partial charge in [-0.25, -0.2) is 9.59 Å². The Bertz CT molecular complexity index is 731. The molecule has 2 fully saturated rings. The van der Waals surface area contributed by atoms with E-state index in [-0.39, 0.29) is 13.0 Å². The quantitative estimate of drug-likeness (QED) is 0.306. The molecular formula is C20H30N2O8. The molecule has 3 N–H and O–H groups in total. The standard InChI is InChI=1S/C20H30N2O8/c1-7-28-16(25)13-12-11(23)9-20(14(12)13,17(26)29-8-2)22-15(24)10(3)21-18(27)30-19(4,5)6/h7,10-14,23H,1,8-9H2,2-6H3,(H,21,27)(H,22,24)/t10-,11+,12+,13+,14+,20?/m1/s1. The summed E-state index contributed by atoms with van der Waals surface area (Å²) in [7, 11) is 0. The van der Waals surface area contributed by atoms with Crippen LogP contribution in [0.5, 0.6) is 0 Å². The van der Waals surface area contributed by atoms with Gasteiger partial charge in [-0.3, -0.25) is 9.59 Å². The van der Waals surface area contributed by atoms with Gasteiger partial charge in [-0.1, -0.05) is 6.58 Å². The third-order valence-corrected chi connectivity index (χ3v) is 5.20. The third kappa shape index (κ3) is 4.75. The van der Waals surface area contributed by atoms with Gasteiger partial charge in [0.25, 0.3) is 0 Å². The molecule has 168 valence electrons. The van der Waals surface area contributed by atoms with Gasteiger partial charge in [0, 0.05) is 18.3 Å².